The molecule has 2 aromatic rings. The van der Waals surface area contributed by atoms with Crippen molar-refractivity contribution >= 4 is 21.8 Å². The van der Waals surface area contributed by atoms with Crippen molar-refractivity contribution in [3.05, 3.63) is 58.7 Å². The van der Waals surface area contributed by atoms with E-state index in [0.717, 1.165) is 29.8 Å². The predicted molar refractivity (Wildman–Crippen MR) is 107 cm³/mol. The van der Waals surface area contributed by atoms with Gasteiger partial charge in [0.2, 0.25) is 0 Å². The smallest absolute Gasteiger partial charge is 0.0909 e. The van der Waals surface area contributed by atoms with E-state index in [-0.39, 0.29) is 0 Å². The quantitative estimate of drug-likeness (QED) is 0.609. The van der Waals surface area contributed by atoms with Gasteiger partial charge in [-0.3, -0.25) is 0 Å². The highest BCUT2D eigenvalue weighted by molar-refractivity contribution is 7.91. The molecule has 134 valence electrons. The van der Waals surface area contributed by atoms with Gasteiger partial charge >= 0.3 is 0 Å². The molecule has 0 spiro atoms. The Labute approximate surface area is 151 Å². The molecule has 0 aliphatic carbocycles. The van der Waals surface area contributed by atoms with E-state index in [2.05, 4.69) is 37.9 Å². The van der Waals surface area contributed by atoms with Gasteiger partial charge in [0.1, 0.15) is 0 Å². The molecule has 0 aliphatic heterocycles. The van der Waals surface area contributed by atoms with Crippen molar-refractivity contribution in [1.82, 2.24) is 4.90 Å². The lowest BCUT2D eigenvalue weighted by Crippen LogP contribution is -2.14. The highest BCUT2D eigenvalue weighted by Gasteiger charge is 2.07. The molecular weight excluding hydrogens is 330 g/mol. The van der Waals surface area contributed by atoms with Gasteiger partial charge in [-0.05, 0) is 67.6 Å². The number of hydrogen-bond acceptors (Lipinski definition) is 3. The number of benzene rings is 2. The van der Waals surface area contributed by atoms with Crippen molar-refractivity contribution in [2.75, 3.05) is 19.8 Å². The Bertz CT molecular complexity index is 869. The zero-order chi connectivity index (χ0) is 18.6. The Kier molecular flexibility index (Phi) is 6.01. The van der Waals surface area contributed by atoms with Crippen LogP contribution in [0.5, 0.6) is 0 Å². The van der Waals surface area contributed by atoms with Gasteiger partial charge in [0, 0.05) is 24.7 Å². The third kappa shape index (κ3) is 5.16. The van der Waals surface area contributed by atoms with E-state index in [9.17, 15) is 4.21 Å². The molecule has 0 fully saturated rings. The van der Waals surface area contributed by atoms with Crippen LogP contribution in [0.1, 0.15) is 29.2 Å². The van der Waals surface area contributed by atoms with Crippen LogP contribution in [0.2, 0.25) is 0 Å². The maximum Gasteiger partial charge on any atom is 0.0909 e. The summed E-state index contributed by atoms with van der Waals surface area (Å²) in [5, 5.41) is 0. The largest absolute Gasteiger partial charge is 0.366 e. The second kappa shape index (κ2) is 7.83. The molecular formula is C20H27N3OS. The van der Waals surface area contributed by atoms with Crippen LogP contribution >= 0.6 is 0 Å². The van der Waals surface area contributed by atoms with Gasteiger partial charge in [-0.1, -0.05) is 18.2 Å². The fourth-order valence-corrected chi connectivity index (χ4v) is 3.18. The molecule has 0 aromatic heterocycles. The van der Waals surface area contributed by atoms with Crippen LogP contribution in [-0.2, 0) is 16.1 Å². The van der Waals surface area contributed by atoms with Gasteiger partial charge in [0.15, 0.2) is 0 Å². The van der Waals surface area contributed by atoms with Crippen LogP contribution in [0.4, 0.5) is 5.69 Å². The Hall–Kier alpha value is -2.14. The normalized spacial score (nSPS) is 13.8. The van der Waals surface area contributed by atoms with Gasteiger partial charge in [-0.15, -0.1) is 0 Å². The molecule has 0 saturated heterocycles. The van der Waals surface area contributed by atoms with Crippen LogP contribution in [-0.4, -0.2) is 35.3 Å². The molecule has 1 atom stereocenters. The monoisotopic (exact) mass is 357 g/mol. The average Bonchev–Trinajstić information content (AvgIpc) is 2.56. The number of aliphatic imine (C=N–C) groups is 1. The number of hydrogen-bond donors (Lipinski definition) is 1. The molecule has 1 N–H and O–H groups in total. The summed E-state index contributed by atoms with van der Waals surface area (Å²) in [4.78, 5) is 7.19. The summed E-state index contributed by atoms with van der Waals surface area (Å²) in [7, 11) is -0.639. The first-order chi connectivity index (χ1) is 11.7. The molecule has 0 saturated carbocycles. The summed E-state index contributed by atoms with van der Waals surface area (Å²) in [6.45, 7) is 7.21. The summed E-state index contributed by atoms with van der Waals surface area (Å²) >= 11 is 0. The first-order valence-corrected chi connectivity index (χ1v) is 10.3. The molecule has 0 radical (unpaired) electrons. The lowest BCUT2D eigenvalue weighted by Gasteiger charge is -2.12. The Morgan fingerprint density at radius 3 is 2.36 bits per heavy atom. The summed E-state index contributed by atoms with van der Waals surface area (Å²) in [6, 6.07) is 11.8. The summed E-state index contributed by atoms with van der Waals surface area (Å²) in [5.74, 6) is 0. The predicted octanol–water partition coefficient (Wildman–Crippen LogP) is 4.54. The second-order valence-corrected chi connectivity index (χ2v) is 8.71. The van der Waals surface area contributed by atoms with Gasteiger partial charge in [-0.25, -0.2) is 14.0 Å². The fraction of sp³-hybridized carbons (Fsp3) is 0.350. The maximum absolute atomic E-state index is 11.8. The van der Waals surface area contributed by atoms with E-state index in [1.54, 1.807) is 12.1 Å². The van der Waals surface area contributed by atoms with Crippen LogP contribution in [0.25, 0.3) is 0 Å². The van der Waals surface area contributed by atoms with Crippen LogP contribution in [0.15, 0.2) is 46.3 Å². The summed E-state index contributed by atoms with van der Waals surface area (Å²) in [5.41, 5.74) is 5.77. The molecule has 0 bridgehead atoms. The molecule has 2 aromatic carbocycles. The molecule has 25 heavy (non-hydrogen) atoms. The Balaban J connectivity index is 2.23. The first kappa shape index (κ1) is 19.2. The number of nitrogens with zero attached hydrogens (tertiary/aromatic N) is 2. The Morgan fingerprint density at radius 1 is 1.16 bits per heavy atom. The van der Waals surface area contributed by atoms with Crippen molar-refractivity contribution < 1.29 is 4.21 Å². The molecule has 0 aliphatic rings. The first-order valence-electron chi connectivity index (χ1n) is 8.38. The number of nitrogens with one attached hydrogen (secondary N) is 1. The fourth-order valence-electron chi connectivity index (χ4n) is 2.52. The van der Waals surface area contributed by atoms with E-state index in [1.165, 1.54) is 17.4 Å². The lowest BCUT2D eigenvalue weighted by atomic mass is 9.97. The zero-order valence-corrected chi connectivity index (χ0v) is 16.5. The third-order valence-corrected chi connectivity index (χ3v) is 5.49. The van der Waals surface area contributed by atoms with E-state index >= 15 is 0 Å². The van der Waals surface area contributed by atoms with Crippen molar-refractivity contribution in [3.63, 3.8) is 0 Å². The van der Waals surface area contributed by atoms with Gasteiger partial charge < -0.3 is 4.90 Å². The van der Waals surface area contributed by atoms with Gasteiger partial charge in [-0.2, -0.15) is 0 Å². The summed E-state index contributed by atoms with van der Waals surface area (Å²) < 4.78 is 19.4. The van der Waals surface area contributed by atoms with Crippen molar-refractivity contribution in [2.24, 2.45) is 4.99 Å². The minimum absolute atomic E-state index is 0.578. The van der Waals surface area contributed by atoms with E-state index in [0.29, 0.717) is 4.90 Å². The van der Waals surface area contributed by atoms with Gasteiger partial charge in [0.25, 0.3) is 0 Å². The molecule has 2 rings (SSSR count). The van der Waals surface area contributed by atoms with Crippen LogP contribution in [0.3, 0.4) is 0 Å². The van der Waals surface area contributed by atoms with E-state index in [1.807, 2.05) is 30.4 Å². The molecule has 1 unspecified atom stereocenters. The lowest BCUT2D eigenvalue weighted by molar-refractivity contribution is 0.552. The van der Waals surface area contributed by atoms with Crippen LogP contribution in [0, 0.1) is 18.6 Å². The van der Waals surface area contributed by atoms with Gasteiger partial charge in [0.05, 0.1) is 21.8 Å². The standard InChI is InChI=1S/C20H27N3OS/c1-6-23(4)14-22-20-12-15(2)18(11-16(20)3)13-17-7-9-19(10-8-17)25(5,21)24/h7-12,14,21H,6,13H2,1-5H3/b22-14-. The molecule has 0 amide bonds. The number of rotatable bonds is 6. The highest BCUT2D eigenvalue weighted by Crippen LogP contribution is 2.25. The van der Waals surface area contributed by atoms with Crippen LogP contribution < -0.4 is 0 Å². The molecule has 0 heterocycles. The molecule has 4 nitrogen and oxygen atoms in total. The van der Waals surface area contributed by atoms with Crippen molar-refractivity contribution in [2.45, 2.75) is 32.1 Å². The van der Waals surface area contributed by atoms with Crippen molar-refractivity contribution in [1.29, 1.82) is 4.78 Å². The topological polar surface area (TPSA) is 56.5 Å². The summed E-state index contributed by atoms with van der Waals surface area (Å²) in [6.07, 6.45) is 4.13. The minimum Gasteiger partial charge on any atom is -0.366 e. The highest BCUT2D eigenvalue weighted by atomic mass is 32.2. The second-order valence-electron chi connectivity index (χ2n) is 6.55. The number of aryl methyl sites for hydroxylation is 2. The van der Waals surface area contributed by atoms with E-state index in [4.69, 9.17) is 4.78 Å². The zero-order valence-electron chi connectivity index (χ0n) is 15.7. The van der Waals surface area contributed by atoms with Crippen molar-refractivity contribution in [3.8, 4) is 0 Å². The third-order valence-electron chi connectivity index (χ3n) is 4.31. The maximum atomic E-state index is 11.8. The van der Waals surface area contributed by atoms with E-state index < -0.39 is 9.73 Å². The molecule has 5 heteroatoms. The average molecular weight is 358 g/mol. The minimum atomic E-state index is -2.65. The Morgan fingerprint density at radius 2 is 1.80 bits per heavy atom. The SMILES string of the molecule is CCN(C)/C=N\c1cc(C)c(Cc2ccc(S(C)(=N)=O)cc2)cc1C.